The average molecular weight is 534 g/mol. The van der Waals surface area contributed by atoms with Crippen molar-refractivity contribution >= 4 is 33.4 Å². The second-order valence-corrected chi connectivity index (χ2v) is 9.88. The van der Waals surface area contributed by atoms with Crippen molar-refractivity contribution in [2.45, 2.75) is 23.5 Å². The third-order valence-electron chi connectivity index (χ3n) is 4.17. The third kappa shape index (κ3) is 6.42. The summed E-state index contributed by atoms with van der Waals surface area (Å²) >= 11 is 5.70. The van der Waals surface area contributed by atoms with E-state index < -0.39 is 66.9 Å². The summed E-state index contributed by atoms with van der Waals surface area (Å²) in [4.78, 5) is 13.0. The first-order valence-electron chi connectivity index (χ1n) is 8.68. The maximum atomic E-state index is 13.1. The molecule has 2 aromatic rings. The summed E-state index contributed by atoms with van der Waals surface area (Å²) in [6.07, 6.45) is -4.93. The monoisotopic (exact) mass is 533 g/mol. The van der Waals surface area contributed by atoms with Gasteiger partial charge in [-0.05, 0) is 43.3 Å². The number of alkyl halides is 3. The van der Waals surface area contributed by atoms with Crippen LogP contribution >= 0.6 is 21.8 Å². The summed E-state index contributed by atoms with van der Waals surface area (Å²) in [5.41, 5.74) is -4.31. The van der Waals surface area contributed by atoms with Crippen LogP contribution in [0, 0.1) is 17.9 Å². The molecule has 0 radical (unpaired) electrons. The molecule has 0 aliphatic carbocycles. The van der Waals surface area contributed by atoms with Gasteiger partial charge in [0, 0.05) is 5.56 Å². The molecule has 1 N–H and O–H groups in total. The zero-order chi connectivity index (χ0) is 26.2. The predicted molar refractivity (Wildman–Crippen MR) is 108 cm³/mol. The first-order valence-corrected chi connectivity index (χ1v) is 11.0. The van der Waals surface area contributed by atoms with E-state index in [2.05, 4.69) is 10.2 Å². The largest absolute Gasteiger partial charge is 0.490 e. The van der Waals surface area contributed by atoms with Gasteiger partial charge in [0.2, 0.25) is 0 Å². The summed E-state index contributed by atoms with van der Waals surface area (Å²) in [5.74, 6) is -1.77. The Hall–Kier alpha value is -3.23. The van der Waals surface area contributed by atoms with Crippen LogP contribution in [0.2, 0.25) is 5.02 Å². The highest BCUT2D eigenvalue weighted by Crippen LogP contribution is 3.02. The quantitative estimate of drug-likeness (QED) is 0.306. The molecule has 0 bridgehead atoms. The lowest BCUT2D eigenvalue weighted by Crippen LogP contribution is -2.49. The Balaban J connectivity index is 2.25. The molecule has 0 aliphatic heterocycles. The van der Waals surface area contributed by atoms with E-state index in [9.17, 15) is 42.7 Å². The van der Waals surface area contributed by atoms with Crippen LogP contribution in [0.3, 0.4) is 0 Å². The lowest BCUT2D eigenvalue weighted by Gasteiger charge is -2.40. The smallest absolute Gasteiger partial charge is 0.416 e. The van der Waals surface area contributed by atoms with Crippen LogP contribution in [0.1, 0.15) is 22.8 Å². The molecular formula is C19H12ClF8N3O2S. The number of nitriles is 1. The van der Waals surface area contributed by atoms with Crippen LogP contribution in [0.15, 0.2) is 41.3 Å². The number of ether oxygens (including phenoxy) is 1. The van der Waals surface area contributed by atoms with E-state index in [1.807, 2.05) is 0 Å². The fourth-order valence-corrected chi connectivity index (χ4v) is 3.39. The van der Waals surface area contributed by atoms with Gasteiger partial charge in [-0.15, -0.1) is 0 Å². The second kappa shape index (κ2) is 7.92. The molecule has 2 aromatic carbocycles. The van der Waals surface area contributed by atoms with Crippen molar-refractivity contribution in [3.63, 3.8) is 0 Å². The van der Waals surface area contributed by atoms with E-state index in [0.717, 1.165) is 13.0 Å². The van der Waals surface area contributed by atoms with Crippen molar-refractivity contribution in [2.75, 3.05) is 6.61 Å². The zero-order valence-electron chi connectivity index (χ0n) is 16.7. The molecule has 5 nitrogen and oxygen atoms in total. The zero-order valence-corrected chi connectivity index (χ0v) is 18.3. The Morgan fingerprint density at radius 1 is 1.18 bits per heavy atom. The van der Waals surface area contributed by atoms with E-state index in [-0.39, 0.29) is 12.1 Å². The van der Waals surface area contributed by atoms with Crippen molar-refractivity contribution in [1.82, 2.24) is 5.32 Å². The fraction of sp³-hybridized carbons (Fsp3) is 0.211. The summed E-state index contributed by atoms with van der Waals surface area (Å²) in [6, 6.07) is 3.92. The van der Waals surface area contributed by atoms with Crippen LogP contribution in [-0.4, -0.2) is 18.1 Å². The Labute approximate surface area is 192 Å². The van der Waals surface area contributed by atoms with E-state index in [1.54, 1.807) is 6.07 Å². The molecule has 0 saturated carbocycles. The van der Waals surface area contributed by atoms with Gasteiger partial charge in [0.15, 0.2) is 11.2 Å². The number of benzene rings is 2. The lowest BCUT2D eigenvalue weighted by atomic mass is 10.0. The SMILES string of the molecule is [C-]#[N+]c1cc(OCC(C)(C#N)NC(=O)c2ccc(S(F)(F)(F)(F)F)cc2)c(Cl)c(C(F)(F)F)c1. The van der Waals surface area contributed by atoms with Crippen LogP contribution in [0.4, 0.5) is 38.3 Å². The van der Waals surface area contributed by atoms with Crippen molar-refractivity contribution in [1.29, 1.82) is 5.26 Å². The molecule has 184 valence electrons. The van der Waals surface area contributed by atoms with E-state index in [4.69, 9.17) is 22.9 Å². The highest BCUT2D eigenvalue weighted by atomic mass is 35.5. The van der Waals surface area contributed by atoms with Gasteiger partial charge in [0.05, 0.1) is 23.2 Å². The highest BCUT2D eigenvalue weighted by Gasteiger charge is 2.65. The highest BCUT2D eigenvalue weighted by molar-refractivity contribution is 8.45. The molecule has 0 heterocycles. The molecule has 1 atom stereocenters. The summed E-state index contributed by atoms with van der Waals surface area (Å²) in [7, 11) is -9.96. The minimum atomic E-state index is -9.96. The number of hydrogen-bond acceptors (Lipinski definition) is 3. The Morgan fingerprint density at radius 3 is 2.18 bits per heavy atom. The molecule has 34 heavy (non-hydrogen) atoms. The first kappa shape index (κ1) is 27.0. The molecule has 2 rings (SSSR count). The summed E-state index contributed by atoms with van der Waals surface area (Å²) in [6.45, 7) is 7.18. The van der Waals surface area contributed by atoms with Gasteiger partial charge < -0.3 is 10.1 Å². The van der Waals surface area contributed by atoms with E-state index in [0.29, 0.717) is 18.2 Å². The molecule has 0 saturated heterocycles. The van der Waals surface area contributed by atoms with Gasteiger partial charge in [0.1, 0.15) is 17.3 Å². The van der Waals surface area contributed by atoms with Gasteiger partial charge in [-0.3, -0.25) is 4.79 Å². The number of hydrogen-bond donors (Lipinski definition) is 1. The summed E-state index contributed by atoms with van der Waals surface area (Å²) < 4.78 is 109. The molecule has 0 aliphatic rings. The average Bonchev–Trinajstić information content (AvgIpc) is 2.70. The Morgan fingerprint density at radius 2 is 1.74 bits per heavy atom. The molecule has 0 spiro atoms. The standard InChI is InChI=1S/C19H12ClF8N3O2S/c1-18(9-29,10-33-15-8-12(30-2)7-14(16(15)20)19(21,22)23)31-17(32)11-3-5-13(6-4-11)34(24,25,26,27)28/h3-8H,10H2,1H3,(H,31,32). The maximum Gasteiger partial charge on any atom is 0.416 e. The van der Waals surface area contributed by atoms with Crippen molar-refractivity contribution in [3.05, 3.63) is 64.0 Å². The molecule has 1 amide bonds. The number of amides is 1. The predicted octanol–water partition coefficient (Wildman–Crippen LogP) is 7.66. The van der Waals surface area contributed by atoms with Gasteiger partial charge in [-0.2, -0.15) is 18.4 Å². The number of rotatable bonds is 6. The van der Waals surface area contributed by atoms with Gasteiger partial charge in [-0.1, -0.05) is 31.0 Å². The number of nitrogens with one attached hydrogen (secondary N) is 1. The number of carbonyl (C=O) groups excluding carboxylic acids is 1. The summed E-state index contributed by atoms with van der Waals surface area (Å²) in [5, 5.41) is 10.6. The lowest BCUT2D eigenvalue weighted by molar-refractivity contribution is -0.137. The van der Waals surface area contributed by atoms with Crippen LogP contribution in [0.5, 0.6) is 5.75 Å². The van der Waals surface area contributed by atoms with Crippen molar-refractivity contribution in [2.24, 2.45) is 0 Å². The second-order valence-electron chi connectivity index (χ2n) is 7.10. The van der Waals surface area contributed by atoms with Gasteiger partial charge >= 0.3 is 16.4 Å². The molecule has 1 unspecified atom stereocenters. The molecular weight excluding hydrogens is 522 g/mol. The van der Waals surface area contributed by atoms with Crippen molar-refractivity contribution in [3.8, 4) is 11.8 Å². The first-order chi connectivity index (χ1) is 15.2. The van der Waals surface area contributed by atoms with Crippen LogP contribution in [-0.2, 0) is 6.18 Å². The van der Waals surface area contributed by atoms with Crippen LogP contribution < -0.4 is 10.1 Å². The number of nitrogens with zero attached hydrogens (tertiary/aromatic N) is 2. The topological polar surface area (TPSA) is 66.5 Å². The minimum Gasteiger partial charge on any atom is -0.490 e. The Kier molecular flexibility index (Phi) is 6.30. The number of halogens is 9. The maximum absolute atomic E-state index is 13.1. The normalized spacial score (nSPS) is 15.6. The Bertz CT molecular complexity index is 1220. The number of carbonyl (C=O) groups is 1. The van der Waals surface area contributed by atoms with Gasteiger partial charge in [-0.25, -0.2) is 4.85 Å². The molecule has 15 heteroatoms. The third-order valence-corrected chi connectivity index (χ3v) is 5.73. The minimum absolute atomic E-state index is 0.00494. The molecule has 0 aromatic heterocycles. The van der Waals surface area contributed by atoms with E-state index >= 15 is 0 Å². The fourth-order valence-electron chi connectivity index (χ4n) is 2.46. The molecule has 0 fully saturated rings. The van der Waals surface area contributed by atoms with E-state index in [1.165, 1.54) is 0 Å². The van der Waals surface area contributed by atoms with Crippen molar-refractivity contribution < 1.29 is 42.1 Å². The van der Waals surface area contributed by atoms with Crippen LogP contribution in [0.25, 0.3) is 4.85 Å². The van der Waals surface area contributed by atoms with Gasteiger partial charge in [0.25, 0.3) is 5.91 Å².